The summed E-state index contributed by atoms with van der Waals surface area (Å²) in [4.78, 5) is 0. The summed E-state index contributed by atoms with van der Waals surface area (Å²) in [7, 11) is 0. The van der Waals surface area contributed by atoms with Gasteiger partial charge in [-0.05, 0) is 19.8 Å². The molecule has 0 fully saturated rings. The standard InChI is InChI=1S/C8H14/c1-3-5-7-8-6-4-2/h3,5-6,8H,4,7H2,1-2H3/b5-3-,8-6-. The highest BCUT2D eigenvalue weighted by molar-refractivity contribution is 4.90. The van der Waals surface area contributed by atoms with Gasteiger partial charge >= 0.3 is 0 Å². The molecule has 0 rings (SSSR count). The number of hydrogen-bond donors (Lipinski definition) is 0. The normalized spacial score (nSPS) is 11.8. The third-order valence-corrected chi connectivity index (χ3v) is 0.910. The lowest BCUT2D eigenvalue weighted by molar-refractivity contribution is 1.20. The Balaban J connectivity index is 3.03. The fourth-order valence-electron chi connectivity index (χ4n) is 0.478. The van der Waals surface area contributed by atoms with Crippen LogP contribution in [0, 0.1) is 0 Å². The van der Waals surface area contributed by atoms with Gasteiger partial charge in [0.1, 0.15) is 0 Å². The maximum absolute atomic E-state index is 2.18. The molecule has 0 nitrogen and oxygen atoms in total. The summed E-state index contributed by atoms with van der Waals surface area (Å²) in [6.07, 6.45) is 10.8. The maximum atomic E-state index is 2.18. The summed E-state index contributed by atoms with van der Waals surface area (Å²) in [6, 6.07) is 0. The fraction of sp³-hybridized carbons (Fsp3) is 0.500. The van der Waals surface area contributed by atoms with Crippen molar-refractivity contribution >= 4 is 0 Å². The van der Waals surface area contributed by atoms with Gasteiger partial charge in [-0.15, -0.1) is 0 Å². The number of allylic oxidation sites excluding steroid dienone is 4. The molecule has 0 spiro atoms. The molecule has 46 valence electrons. The van der Waals surface area contributed by atoms with E-state index in [2.05, 4.69) is 31.2 Å². The smallest absolute Gasteiger partial charge is 0.0169 e. The predicted molar refractivity (Wildman–Crippen MR) is 38.9 cm³/mol. The lowest BCUT2D eigenvalue weighted by atomic mass is 10.3. The van der Waals surface area contributed by atoms with Crippen LogP contribution in [-0.2, 0) is 0 Å². The number of hydrogen-bond acceptors (Lipinski definition) is 0. The fourth-order valence-corrected chi connectivity index (χ4v) is 0.478. The van der Waals surface area contributed by atoms with Gasteiger partial charge < -0.3 is 0 Å². The Morgan fingerprint density at radius 1 is 1.12 bits per heavy atom. The van der Waals surface area contributed by atoms with Crippen LogP contribution in [0.5, 0.6) is 0 Å². The molecule has 0 amide bonds. The SMILES string of the molecule is C/C=C\C/C=C\CC. The lowest BCUT2D eigenvalue weighted by Crippen LogP contribution is -1.56. The second kappa shape index (κ2) is 6.48. The van der Waals surface area contributed by atoms with Crippen molar-refractivity contribution in [2.75, 3.05) is 0 Å². The van der Waals surface area contributed by atoms with E-state index in [9.17, 15) is 0 Å². The molecular formula is C8H14. The Labute approximate surface area is 51.9 Å². The molecule has 0 heterocycles. The third-order valence-electron chi connectivity index (χ3n) is 0.910. The van der Waals surface area contributed by atoms with Crippen molar-refractivity contribution in [1.29, 1.82) is 0 Å². The Morgan fingerprint density at radius 3 is 2.38 bits per heavy atom. The van der Waals surface area contributed by atoms with E-state index < -0.39 is 0 Å². The average Bonchev–Trinajstić information content (AvgIpc) is 1.81. The Bertz CT molecular complexity index is 78.0. The maximum Gasteiger partial charge on any atom is -0.0169 e. The molecule has 0 atom stereocenters. The van der Waals surface area contributed by atoms with Crippen LogP contribution in [0.1, 0.15) is 26.7 Å². The first-order valence-electron chi connectivity index (χ1n) is 3.18. The van der Waals surface area contributed by atoms with Crippen molar-refractivity contribution in [3.05, 3.63) is 24.3 Å². The van der Waals surface area contributed by atoms with E-state index in [-0.39, 0.29) is 0 Å². The molecule has 0 radical (unpaired) electrons. The monoisotopic (exact) mass is 110 g/mol. The van der Waals surface area contributed by atoms with Gasteiger partial charge in [-0.25, -0.2) is 0 Å². The van der Waals surface area contributed by atoms with Crippen molar-refractivity contribution in [2.45, 2.75) is 26.7 Å². The van der Waals surface area contributed by atoms with Crippen molar-refractivity contribution in [1.82, 2.24) is 0 Å². The summed E-state index contributed by atoms with van der Waals surface area (Å²) < 4.78 is 0. The van der Waals surface area contributed by atoms with Crippen LogP contribution in [-0.4, -0.2) is 0 Å². The van der Waals surface area contributed by atoms with Gasteiger partial charge in [0.25, 0.3) is 0 Å². The lowest BCUT2D eigenvalue weighted by Gasteiger charge is -1.77. The minimum atomic E-state index is 1.09. The average molecular weight is 110 g/mol. The molecule has 0 saturated heterocycles. The zero-order chi connectivity index (χ0) is 6.24. The largest absolute Gasteiger partial charge is 0.0914 e. The van der Waals surface area contributed by atoms with Crippen LogP contribution in [0.2, 0.25) is 0 Å². The van der Waals surface area contributed by atoms with E-state index in [4.69, 9.17) is 0 Å². The van der Waals surface area contributed by atoms with Crippen LogP contribution >= 0.6 is 0 Å². The highest BCUT2D eigenvalue weighted by Crippen LogP contribution is 1.86. The van der Waals surface area contributed by atoms with Gasteiger partial charge in [-0.3, -0.25) is 0 Å². The quantitative estimate of drug-likeness (QED) is 0.490. The first-order chi connectivity index (χ1) is 3.91. The molecule has 0 aliphatic carbocycles. The predicted octanol–water partition coefficient (Wildman–Crippen LogP) is 2.92. The molecule has 0 aromatic rings. The molecule has 0 aromatic carbocycles. The van der Waals surface area contributed by atoms with E-state index in [0.717, 1.165) is 12.8 Å². The van der Waals surface area contributed by atoms with Crippen molar-refractivity contribution in [3.63, 3.8) is 0 Å². The minimum Gasteiger partial charge on any atom is -0.0914 e. The molecule has 0 aliphatic heterocycles. The molecule has 0 bridgehead atoms. The van der Waals surface area contributed by atoms with E-state index in [0.29, 0.717) is 0 Å². The minimum absolute atomic E-state index is 1.09. The van der Waals surface area contributed by atoms with E-state index in [1.165, 1.54) is 0 Å². The van der Waals surface area contributed by atoms with Gasteiger partial charge in [-0.2, -0.15) is 0 Å². The third kappa shape index (κ3) is 5.48. The van der Waals surface area contributed by atoms with Crippen molar-refractivity contribution in [2.24, 2.45) is 0 Å². The molecule has 0 heteroatoms. The molecule has 8 heavy (non-hydrogen) atoms. The topological polar surface area (TPSA) is 0 Å². The molecule has 0 aliphatic rings. The first-order valence-corrected chi connectivity index (χ1v) is 3.18. The van der Waals surface area contributed by atoms with Crippen LogP contribution < -0.4 is 0 Å². The summed E-state index contributed by atoms with van der Waals surface area (Å²) in [5.41, 5.74) is 0. The first kappa shape index (κ1) is 7.48. The van der Waals surface area contributed by atoms with Crippen molar-refractivity contribution in [3.8, 4) is 0 Å². The van der Waals surface area contributed by atoms with Gasteiger partial charge in [0.2, 0.25) is 0 Å². The highest BCUT2D eigenvalue weighted by Gasteiger charge is 1.65. The Hall–Kier alpha value is -0.520. The molecule has 0 aromatic heterocycles. The summed E-state index contributed by atoms with van der Waals surface area (Å²) in [6.45, 7) is 4.19. The van der Waals surface area contributed by atoms with Crippen molar-refractivity contribution < 1.29 is 0 Å². The molecule has 0 saturated carbocycles. The van der Waals surface area contributed by atoms with E-state index in [1.54, 1.807) is 0 Å². The zero-order valence-electron chi connectivity index (χ0n) is 5.72. The van der Waals surface area contributed by atoms with Crippen LogP contribution in [0.15, 0.2) is 24.3 Å². The van der Waals surface area contributed by atoms with Gasteiger partial charge in [0.05, 0.1) is 0 Å². The van der Waals surface area contributed by atoms with Gasteiger partial charge in [0.15, 0.2) is 0 Å². The van der Waals surface area contributed by atoms with Crippen LogP contribution in [0.3, 0.4) is 0 Å². The highest BCUT2D eigenvalue weighted by atomic mass is 13.7. The summed E-state index contributed by atoms with van der Waals surface area (Å²) in [5, 5.41) is 0. The Kier molecular flexibility index (Phi) is 6.06. The van der Waals surface area contributed by atoms with Crippen LogP contribution in [0.25, 0.3) is 0 Å². The zero-order valence-corrected chi connectivity index (χ0v) is 5.72. The van der Waals surface area contributed by atoms with E-state index >= 15 is 0 Å². The second-order valence-electron chi connectivity index (χ2n) is 1.68. The van der Waals surface area contributed by atoms with Gasteiger partial charge in [0, 0.05) is 0 Å². The summed E-state index contributed by atoms with van der Waals surface area (Å²) in [5.74, 6) is 0. The molecule has 0 N–H and O–H groups in total. The van der Waals surface area contributed by atoms with Crippen LogP contribution in [0.4, 0.5) is 0 Å². The number of rotatable bonds is 3. The second-order valence-corrected chi connectivity index (χ2v) is 1.68. The molecular weight excluding hydrogens is 96.1 g/mol. The van der Waals surface area contributed by atoms with E-state index in [1.807, 2.05) is 6.92 Å². The Morgan fingerprint density at radius 2 is 1.88 bits per heavy atom. The summed E-state index contributed by atoms with van der Waals surface area (Å²) >= 11 is 0. The van der Waals surface area contributed by atoms with Gasteiger partial charge in [-0.1, -0.05) is 31.2 Å². The molecule has 0 unspecified atom stereocenters.